The minimum Gasteiger partial charge on any atom is -0.472 e. The summed E-state index contributed by atoms with van der Waals surface area (Å²) in [6, 6.07) is 45.6. The number of hydrogen-bond acceptors (Lipinski definition) is 3. The summed E-state index contributed by atoms with van der Waals surface area (Å²) in [5, 5.41) is 7.37. The highest BCUT2D eigenvalue weighted by molar-refractivity contribution is 7.72. The lowest BCUT2D eigenvalue weighted by Crippen LogP contribution is -2.74. The van der Waals surface area contributed by atoms with Crippen molar-refractivity contribution >= 4 is 58.9 Å². The van der Waals surface area contributed by atoms with Crippen LogP contribution in [0, 0.1) is 34.6 Å². The number of rotatable bonds is 3. The molecule has 5 nitrogen and oxygen atoms in total. The molecule has 0 radical (unpaired) electrons. The summed E-state index contributed by atoms with van der Waals surface area (Å²) < 4.78 is 29.1. The molecule has 56 heavy (non-hydrogen) atoms. The Kier molecular flexibility index (Phi) is 9.52. The number of fused-ring (bicyclic) bond motifs is 5. The molecule has 7 aromatic carbocycles. The molecule has 2 atom stereocenters. The van der Waals surface area contributed by atoms with Crippen LogP contribution in [-0.2, 0) is 4.57 Å². The van der Waals surface area contributed by atoms with E-state index < -0.39 is 15.5 Å². The Morgan fingerprint density at radius 2 is 1.25 bits per heavy atom. The molecule has 2 aliphatic heterocycles. The van der Waals surface area contributed by atoms with E-state index in [1.54, 1.807) is 0 Å². The van der Waals surface area contributed by atoms with E-state index in [4.69, 9.17) is 9.47 Å². The summed E-state index contributed by atoms with van der Waals surface area (Å²) in [5.41, 5.74) is 10.5. The van der Waals surface area contributed by atoms with Crippen LogP contribution < -0.4 is 28.8 Å². The average Bonchev–Trinajstić information content (AvgIpc) is 3.17. The molecule has 2 aliphatic rings. The van der Waals surface area contributed by atoms with Gasteiger partial charge in [-0.3, -0.25) is 9.24 Å². The van der Waals surface area contributed by atoms with Gasteiger partial charge in [0.1, 0.15) is 17.2 Å². The number of quaternary nitrogens is 1. The van der Waals surface area contributed by atoms with Crippen LogP contribution in [0.25, 0.3) is 32.7 Å². The molecular weight excluding hydrogens is 724 g/mol. The van der Waals surface area contributed by atoms with Crippen molar-refractivity contribution in [3.05, 3.63) is 155 Å². The lowest BCUT2D eigenvalue weighted by atomic mass is 9.92. The van der Waals surface area contributed by atoms with E-state index in [9.17, 15) is 4.57 Å². The van der Waals surface area contributed by atoms with E-state index in [-0.39, 0.29) is 0 Å². The molecule has 0 fully saturated rings. The minimum atomic E-state index is -2.71. The van der Waals surface area contributed by atoms with Gasteiger partial charge in [0, 0.05) is 17.4 Å². The second-order valence-corrected chi connectivity index (χ2v) is 23.8. The summed E-state index contributed by atoms with van der Waals surface area (Å²) >= 11 is 0. The number of hydrogen-bond donors (Lipinski definition) is 0. The molecular formula is C49H52N2O3PSi+. The lowest BCUT2D eigenvalue weighted by Gasteiger charge is -2.49. The van der Waals surface area contributed by atoms with Gasteiger partial charge in [0.2, 0.25) is 14.0 Å². The Bertz CT molecular complexity index is 2690. The Labute approximate surface area is 333 Å². The molecule has 0 aliphatic carbocycles. The van der Waals surface area contributed by atoms with Crippen LogP contribution in [0.5, 0.6) is 11.5 Å². The highest BCUT2D eigenvalue weighted by Gasteiger charge is 2.53. The second-order valence-electron chi connectivity index (χ2n) is 16.5. The first-order valence-electron chi connectivity index (χ1n) is 19.5. The van der Waals surface area contributed by atoms with Crippen LogP contribution in [0.15, 0.2) is 127 Å². The molecule has 0 amide bonds. The zero-order valence-electron chi connectivity index (χ0n) is 34.1. The molecule has 0 saturated carbocycles. The first-order chi connectivity index (χ1) is 26.7. The maximum atomic E-state index is 13.6. The molecule has 9 rings (SSSR count). The first kappa shape index (κ1) is 37.8. The van der Waals surface area contributed by atoms with Crippen LogP contribution in [0.2, 0.25) is 13.1 Å². The summed E-state index contributed by atoms with van der Waals surface area (Å²) in [7, 11) is -2.37. The number of para-hydroxylation sites is 2. The smallest absolute Gasteiger partial charge is 0.323 e. The standard InChI is InChI=1S/C31H30NOSi.C18H22NO2P/c1-22-18-29(28-20-23-12-8-9-15-25(23)26-16-10-11-17-27(26)28)31-30(19-22)34(3,4)32(2,21-33-31)24-13-6-5-7-14-24;1-12-9-15(4)18-16(10-12)22(5,20)19(11-21-18)17-13(2)7-6-8-14(17)3/h5-20H,21H2,1-4H3;6-10H,11H2,1-5H3/q+1;. The number of nitrogens with zero attached hydrogens (tertiary/aromatic N) is 2. The predicted octanol–water partition coefficient (Wildman–Crippen LogP) is 11.7. The van der Waals surface area contributed by atoms with Gasteiger partial charge in [-0.1, -0.05) is 103 Å². The zero-order valence-corrected chi connectivity index (χ0v) is 36.0. The predicted molar refractivity (Wildman–Crippen MR) is 241 cm³/mol. The van der Waals surface area contributed by atoms with Crippen LogP contribution >= 0.6 is 7.29 Å². The van der Waals surface area contributed by atoms with Gasteiger partial charge in [-0.25, -0.2) is 0 Å². The molecule has 0 spiro atoms. The summed E-state index contributed by atoms with van der Waals surface area (Å²) in [6.45, 7) is 18.2. The topological polar surface area (TPSA) is 38.8 Å². The lowest BCUT2D eigenvalue weighted by molar-refractivity contribution is 0.210. The molecule has 2 unspecified atom stereocenters. The quantitative estimate of drug-likeness (QED) is 0.102. The summed E-state index contributed by atoms with van der Waals surface area (Å²) in [5.74, 6) is 1.87. The zero-order chi connectivity index (χ0) is 39.6. The van der Waals surface area contributed by atoms with Crippen molar-refractivity contribution in [3.8, 4) is 22.6 Å². The Hall–Kier alpha value is -5.13. The van der Waals surface area contributed by atoms with Crippen molar-refractivity contribution < 1.29 is 14.0 Å². The van der Waals surface area contributed by atoms with Crippen LogP contribution in [0.3, 0.4) is 0 Å². The third kappa shape index (κ3) is 6.16. The maximum Gasteiger partial charge on any atom is 0.323 e. The molecule has 0 N–H and O–H groups in total. The third-order valence-electron chi connectivity index (χ3n) is 12.3. The fraction of sp³-hybridized carbons (Fsp3) is 0.224. The third-order valence-corrected chi connectivity index (χ3v) is 19.3. The van der Waals surface area contributed by atoms with Gasteiger partial charge in [0.15, 0.2) is 6.73 Å². The highest BCUT2D eigenvalue weighted by Crippen LogP contribution is 2.54. The van der Waals surface area contributed by atoms with Gasteiger partial charge in [-0.2, -0.15) is 0 Å². The summed E-state index contributed by atoms with van der Waals surface area (Å²) in [6.07, 6.45) is 0. The van der Waals surface area contributed by atoms with Crippen molar-refractivity contribution in [1.82, 2.24) is 4.15 Å². The van der Waals surface area contributed by atoms with E-state index in [0.717, 1.165) is 48.9 Å². The number of aryl methyl sites for hydroxylation is 5. The molecule has 7 heteroatoms. The second kappa shape index (κ2) is 14.1. The van der Waals surface area contributed by atoms with Gasteiger partial charge in [-0.05, 0) is 127 Å². The van der Waals surface area contributed by atoms with E-state index in [2.05, 4.69) is 156 Å². The van der Waals surface area contributed by atoms with Crippen LogP contribution in [0.4, 0.5) is 11.4 Å². The Balaban J connectivity index is 0.000000174. The molecule has 0 aromatic heterocycles. The largest absolute Gasteiger partial charge is 0.472 e. The maximum absolute atomic E-state index is 13.6. The first-order valence-corrected chi connectivity index (χ1v) is 24.5. The van der Waals surface area contributed by atoms with Crippen LogP contribution in [0.1, 0.15) is 27.8 Å². The molecule has 7 aromatic rings. The van der Waals surface area contributed by atoms with Crippen molar-refractivity contribution in [1.29, 1.82) is 0 Å². The molecule has 0 saturated heterocycles. The van der Waals surface area contributed by atoms with Gasteiger partial charge in [0.25, 0.3) is 0 Å². The van der Waals surface area contributed by atoms with Crippen LogP contribution in [-0.4, -0.2) is 35.4 Å². The Morgan fingerprint density at radius 1 is 0.625 bits per heavy atom. The number of anilines is 1. The van der Waals surface area contributed by atoms with Gasteiger partial charge >= 0.3 is 8.24 Å². The molecule has 2 heterocycles. The highest BCUT2D eigenvalue weighted by atomic mass is 31.2. The molecule has 0 bridgehead atoms. The van der Waals surface area contributed by atoms with E-state index in [1.165, 1.54) is 49.1 Å². The number of ether oxygens (including phenoxy) is 2. The monoisotopic (exact) mass is 775 g/mol. The van der Waals surface area contributed by atoms with Crippen molar-refractivity contribution in [3.63, 3.8) is 0 Å². The van der Waals surface area contributed by atoms with E-state index in [0.29, 0.717) is 13.5 Å². The summed E-state index contributed by atoms with van der Waals surface area (Å²) in [4.78, 5) is 0. The van der Waals surface area contributed by atoms with Gasteiger partial charge in [0.05, 0.1) is 18.0 Å². The minimum absolute atomic E-state index is 0.330. The van der Waals surface area contributed by atoms with E-state index in [1.807, 2.05) is 37.3 Å². The fourth-order valence-corrected chi connectivity index (χ4v) is 14.3. The number of benzene rings is 7. The van der Waals surface area contributed by atoms with Crippen molar-refractivity contribution in [2.45, 2.75) is 47.7 Å². The van der Waals surface area contributed by atoms with Crippen molar-refractivity contribution in [2.24, 2.45) is 0 Å². The molecule has 284 valence electrons. The SMILES string of the molecule is Cc1cc(-c2cc3ccccc3c3ccccc23)c2c(c1)[Si](C)(C)[N+](C)(c1ccccc1)CO2.Cc1cc(C)c2c(c1)P(C)(=O)N(c1c(C)cccc1C)CO2. The fourth-order valence-electron chi connectivity index (χ4n) is 8.90. The van der Waals surface area contributed by atoms with Gasteiger partial charge in [-0.15, -0.1) is 0 Å². The van der Waals surface area contributed by atoms with E-state index >= 15 is 0 Å². The Morgan fingerprint density at radius 3 is 1.96 bits per heavy atom. The van der Waals surface area contributed by atoms with Crippen molar-refractivity contribution in [2.75, 3.05) is 31.8 Å². The average molecular weight is 776 g/mol. The van der Waals surface area contributed by atoms with Gasteiger partial charge < -0.3 is 13.6 Å². The normalized spacial score (nSPS) is 19.6.